The molecule has 2 fully saturated rings. The van der Waals surface area contributed by atoms with Crippen molar-refractivity contribution in [1.29, 1.82) is 0 Å². The summed E-state index contributed by atoms with van der Waals surface area (Å²) in [6.45, 7) is 5.22. The van der Waals surface area contributed by atoms with Crippen LogP contribution in [0.5, 0.6) is 5.75 Å². The number of guanidine groups is 1. The molecule has 178 valence electrons. The van der Waals surface area contributed by atoms with E-state index in [1.807, 2.05) is 11.8 Å². The lowest BCUT2D eigenvalue weighted by Gasteiger charge is -2.21. The number of hydrogen-bond donors (Lipinski definition) is 3. The van der Waals surface area contributed by atoms with Gasteiger partial charge in [-0.25, -0.2) is 0 Å². The number of aliphatic imine (C=N–C) groups is 1. The van der Waals surface area contributed by atoms with E-state index in [0.29, 0.717) is 24.6 Å². The Hall–Kier alpha value is -2.04. The second-order valence-corrected chi connectivity index (χ2v) is 8.14. The van der Waals surface area contributed by atoms with E-state index >= 15 is 0 Å². The summed E-state index contributed by atoms with van der Waals surface area (Å²) in [7, 11) is 1.60. The third kappa shape index (κ3) is 7.53. The van der Waals surface area contributed by atoms with Gasteiger partial charge >= 0.3 is 0 Å². The van der Waals surface area contributed by atoms with Crippen molar-refractivity contribution in [3.63, 3.8) is 0 Å². The maximum atomic E-state index is 12.6. The summed E-state index contributed by atoms with van der Waals surface area (Å²) in [4.78, 5) is 31.5. The minimum absolute atomic E-state index is 0. The van der Waals surface area contributed by atoms with Crippen molar-refractivity contribution in [3.05, 3.63) is 29.8 Å². The Morgan fingerprint density at radius 2 is 1.84 bits per heavy atom. The van der Waals surface area contributed by atoms with E-state index in [0.717, 1.165) is 50.6 Å². The standard InChI is InChI=1S/C23H35N5O3.HI/c1-3-24-23(26-14-13-25-21(29)17-8-10-20(31-2)11-9-17)27-19-12-15-28(16-19)22(30)18-6-4-5-7-18;/h8-11,18-19H,3-7,12-16H2,1-2H3,(H,25,29)(H2,24,26,27);1H. The number of nitrogens with zero attached hydrogens (tertiary/aromatic N) is 2. The van der Waals surface area contributed by atoms with Gasteiger partial charge in [0.15, 0.2) is 5.96 Å². The van der Waals surface area contributed by atoms with E-state index in [4.69, 9.17) is 4.74 Å². The number of halogens is 1. The maximum Gasteiger partial charge on any atom is 0.251 e. The van der Waals surface area contributed by atoms with Crippen molar-refractivity contribution < 1.29 is 14.3 Å². The van der Waals surface area contributed by atoms with Crippen LogP contribution >= 0.6 is 24.0 Å². The summed E-state index contributed by atoms with van der Waals surface area (Å²) in [6.07, 6.45) is 5.37. The summed E-state index contributed by atoms with van der Waals surface area (Å²) >= 11 is 0. The van der Waals surface area contributed by atoms with Crippen molar-refractivity contribution in [2.45, 2.75) is 45.1 Å². The molecule has 0 bridgehead atoms. The molecule has 1 atom stereocenters. The number of amides is 2. The molecule has 8 nitrogen and oxygen atoms in total. The van der Waals surface area contributed by atoms with Crippen LogP contribution in [-0.4, -0.2) is 68.5 Å². The highest BCUT2D eigenvalue weighted by Gasteiger charge is 2.32. The quantitative estimate of drug-likeness (QED) is 0.198. The highest BCUT2D eigenvalue weighted by atomic mass is 127. The van der Waals surface area contributed by atoms with E-state index < -0.39 is 0 Å². The molecular weight excluding hydrogens is 521 g/mol. The molecule has 1 unspecified atom stereocenters. The minimum Gasteiger partial charge on any atom is -0.497 e. The SMILES string of the molecule is CCNC(=NCCNC(=O)c1ccc(OC)cc1)NC1CCN(C(=O)C2CCCC2)C1.I. The highest BCUT2D eigenvalue weighted by molar-refractivity contribution is 14.0. The normalized spacial score (nSPS) is 18.8. The number of rotatable bonds is 8. The number of nitrogens with one attached hydrogen (secondary N) is 3. The molecule has 1 aliphatic carbocycles. The van der Waals surface area contributed by atoms with Gasteiger partial charge in [-0.05, 0) is 50.5 Å². The van der Waals surface area contributed by atoms with Crippen molar-refractivity contribution in [1.82, 2.24) is 20.9 Å². The average Bonchev–Trinajstić information content (AvgIpc) is 3.49. The van der Waals surface area contributed by atoms with Crippen LogP contribution in [0.15, 0.2) is 29.3 Å². The fourth-order valence-electron chi connectivity index (χ4n) is 4.20. The number of carbonyl (C=O) groups is 2. The number of hydrogen-bond acceptors (Lipinski definition) is 4. The first-order valence-corrected chi connectivity index (χ1v) is 11.4. The molecular formula is C23H36IN5O3. The van der Waals surface area contributed by atoms with Crippen LogP contribution in [0.4, 0.5) is 0 Å². The maximum absolute atomic E-state index is 12.6. The molecule has 3 rings (SSSR count). The molecule has 9 heteroatoms. The van der Waals surface area contributed by atoms with Crippen molar-refractivity contribution in [2.75, 3.05) is 39.8 Å². The number of likely N-dealkylation sites (tertiary alicyclic amines) is 1. The van der Waals surface area contributed by atoms with E-state index in [1.165, 1.54) is 12.8 Å². The van der Waals surface area contributed by atoms with E-state index in [9.17, 15) is 9.59 Å². The molecule has 0 aromatic heterocycles. The topological polar surface area (TPSA) is 95.1 Å². The first-order chi connectivity index (χ1) is 15.1. The number of benzene rings is 1. The van der Waals surface area contributed by atoms with E-state index in [2.05, 4.69) is 20.9 Å². The summed E-state index contributed by atoms with van der Waals surface area (Å²) < 4.78 is 5.11. The van der Waals surface area contributed by atoms with Gasteiger partial charge in [-0.1, -0.05) is 12.8 Å². The van der Waals surface area contributed by atoms with Gasteiger partial charge in [-0.15, -0.1) is 24.0 Å². The van der Waals surface area contributed by atoms with E-state index in [1.54, 1.807) is 31.4 Å². The van der Waals surface area contributed by atoms with Crippen molar-refractivity contribution in [2.24, 2.45) is 10.9 Å². The zero-order valence-corrected chi connectivity index (χ0v) is 21.4. The number of methoxy groups -OCH3 is 1. The fourth-order valence-corrected chi connectivity index (χ4v) is 4.20. The fraction of sp³-hybridized carbons (Fsp3) is 0.609. The Kier molecular flexibility index (Phi) is 11.1. The Bertz CT molecular complexity index is 765. The highest BCUT2D eigenvalue weighted by Crippen LogP contribution is 2.27. The molecule has 1 saturated carbocycles. The van der Waals surface area contributed by atoms with Crippen LogP contribution in [0.3, 0.4) is 0 Å². The molecule has 2 amide bonds. The lowest BCUT2D eigenvalue weighted by atomic mass is 10.1. The first-order valence-electron chi connectivity index (χ1n) is 11.4. The van der Waals surface area contributed by atoms with E-state index in [-0.39, 0.29) is 41.8 Å². The Morgan fingerprint density at radius 3 is 2.50 bits per heavy atom. The van der Waals surface area contributed by atoms with Gasteiger partial charge in [0, 0.05) is 43.7 Å². The molecule has 0 spiro atoms. The van der Waals surface area contributed by atoms with Crippen LogP contribution < -0.4 is 20.7 Å². The van der Waals surface area contributed by atoms with Gasteiger partial charge < -0.3 is 25.6 Å². The molecule has 1 aromatic carbocycles. The average molecular weight is 557 g/mol. The molecule has 1 aromatic rings. The van der Waals surface area contributed by atoms with Crippen LogP contribution in [0.25, 0.3) is 0 Å². The van der Waals surface area contributed by atoms with Crippen molar-refractivity contribution in [3.8, 4) is 5.75 Å². The predicted octanol–water partition coefficient (Wildman–Crippen LogP) is 2.39. The predicted molar refractivity (Wildman–Crippen MR) is 137 cm³/mol. The molecule has 1 aliphatic heterocycles. The zero-order valence-electron chi connectivity index (χ0n) is 19.1. The second kappa shape index (κ2) is 13.5. The van der Waals surface area contributed by atoms with Gasteiger partial charge in [0.25, 0.3) is 5.91 Å². The van der Waals surface area contributed by atoms with Crippen LogP contribution in [0, 0.1) is 5.92 Å². The summed E-state index contributed by atoms with van der Waals surface area (Å²) in [5, 5.41) is 9.58. The third-order valence-corrected chi connectivity index (χ3v) is 5.91. The lowest BCUT2D eigenvalue weighted by Crippen LogP contribution is -2.45. The molecule has 32 heavy (non-hydrogen) atoms. The zero-order chi connectivity index (χ0) is 22.1. The Morgan fingerprint density at radius 1 is 1.12 bits per heavy atom. The van der Waals surface area contributed by atoms with Crippen LogP contribution in [0.2, 0.25) is 0 Å². The molecule has 0 radical (unpaired) electrons. The van der Waals surface area contributed by atoms with Gasteiger partial charge in [-0.2, -0.15) is 0 Å². The lowest BCUT2D eigenvalue weighted by molar-refractivity contribution is -0.134. The first kappa shape index (κ1) is 26.2. The Balaban J connectivity index is 0.00000363. The largest absolute Gasteiger partial charge is 0.497 e. The monoisotopic (exact) mass is 557 g/mol. The number of ether oxygens (including phenoxy) is 1. The van der Waals surface area contributed by atoms with Gasteiger partial charge in [0.2, 0.25) is 5.91 Å². The van der Waals surface area contributed by atoms with Crippen LogP contribution in [0.1, 0.15) is 49.4 Å². The van der Waals surface area contributed by atoms with Crippen molar-refractivity contribution >= 4 is 41.8 Å². The smallest absolute Gasteiger partial charge is 0.251 e. The molecule has 3 N–H and O–H groups in total. The third-order valence-electron chi connectivity index (χ3n) is 5.91. The molecule has 1 saturated heterocycles. The summed E-state index contributed by atoms with van der Waals surface area (Å²) in [6, 6.07) is 7.21. The van der Waals surface area contributed by atoms with Gasteiger partial charge in [-0.3, -0.25) is 14.6 Å². The number of carbonyl (C=O) groups excluding carboxylic acids is 2. The second-order valence-electron chi connectivity index (χ2n) is 8.14. The summed E-state index contributed by atoms with van der Waals surface area (Å²) in [5.74, 6) is 1.87. The summed E-state index contributed by atoms with van der Waals surface area (Å²) in [5.41, 5.74) is 0.591. The minimum atomic E-state index is -0.132. The van der Waals surface area contributed by atoms with Gasteiger partial charge in [0.1, 0.15) is 5.75 Å². The Labute approximate surface area is 208 Å². The molecule has 2 aliphatic rings. The molecule has 1 heterocycles. The van der Waals surface area contributed by atoms with Gasteiger partial charge in [0.05, 0.1) is 13.7 Å². The van der Waals surface area contributed by atoms with Crippen LogP contribution in [-0.2, 0) is 4.79 Å².